The van der Waals surface area contributed by atoms with Gasteiger partial charge in [0.05, 0.1) is 0 Å². The Kier molecular flexibility index (Phi) is 2.09. The van der Waals surface area contributed by atoms with Gasteiger partial charge in [-0.2, -0.15) is 0 Å². The number of nitrogen functional groups attached to an aromatic ring is 1. The predicted molar refractivity (Wildman–Crippen MR) is 59.3 cm³/mol. The van der Waals surface area contributed by atoms with E-state index in [0.29, 0.717) is 11.3 Å². The fourth-order valence-corrected chi connectivity index (χ4v) is 3.03. The smallest absolute Gasteiger partial charge is 0.150 e. The van der Waals surface area contributed by atoms with Gasteiger partial charge >= 0.3 is 0 Å². The molecular weight excluding hydrogens is 250 g/mol. The van der Waals surface area contributed by atoms with Crippen LogP contribution in [0.4, 0.5) is 5.69 Å². The van der Waals surface area contributed by atoms with Crippen LogP contribution < -0.4 is 5.73 Å². The Morgan fingerprint density at radius 1 is 1.46 bits per heavy atom. The number of thiophene rings is 1. The molecule has 0 radical (unpaired) electrons. The molecule has 0 aliphatic carbocycles. The fourth-order valence-electron chi connectivity index (χ4n) is 1.27. The van der Waals surface area contributed by atoms with E-state index in [9.17, 15) is 4.79 Å². The zero-order chi connectivity index (χ0) is 9.42. The number of halogens is 1. The molecule has 0 aliphatic heterocycles. The van der Waals surface area contributed by atoms with Crippen molar-refractivity contribution in [2.75, 3.05) is 5.73 Å². The Balaban J connectivity index is 2.92. The Morgan fingerprint density at radius 2 is 2.23 bits per heavy atom. The summed E-state index contributed by atoms with van der Waals surface area (Å²) < 4.78 is 1.99. The molecule has 2 aromatic rings. The van der Waals surface area contributed by atoms with E-state index < -0.39 is 0 Å². The molecule has 1 aromatic heterocycles. The normalized spacial score (nSPS) is 10.5. The van der Waals surface area contributed by atoms with E-state index in [-0.39, 0.29) is 0 Å². The minimum Gasteiger partial charge on any atom is -0.399 e. The van der Waals surface area contributed by atoms with Gasteiger partial charge in [-0.3, -0.25) is 4.79 Å². The molecule has 2 N–H and O–H groups in total. The van der Waals surface area contributed by atoms with Crippen molar-refractivity contribution in [3.05, 3.63) is 27.5 Å². The van der Waals surface area contributed by atoms with E-state index in [4.69, 9.17) is 5.73 Å². The first kappa shape index (κ1) is 8.72. The van der Waals surface area contributed by atoms with Gasteiger partial charge in [0.2, 0.25) is 0 Å². The number of anilines is 1. The molecule has 0 bridgehead atoms. The van der Waals surface area contributed by atoms with Gasteiger partial charge in [-0.1, -0.05) is 0 Å². The first-order valence-corrected chi connectivity index (χ1v) is 5.31. The molecular formula is C9H6BrNOS. The Morgan fingerprint density at radius 3 is 2.92 bits per heavy atom. The zero-order valence-corrected chi connectivity index (χ0v) is 8.98. The number of hydrogen-bond donors (Lipinski definition) is 1. The SMILES string of the molecule is Nc1cc(C=O)c2c(Br)csc2c1. The number of fused-ring (bicyclic) bond motifs is 1. The van der Waals surface area contributed by atoms with Gasteiger partial charge in [-0.05, 0) is 28.1 Å². The maximum Gasteiger partial charge on any atom is 0.150 e. The second kappa shape index (κ2) is 3.12. The van der Waals surface area contributed by atoms with Gasteiger partial charge in [-0.15, -0.1) is 11.3 Å². The zero-order valence-electron chi connectivity index (χ0n) is 6.58. The van der Waals surface area contributed by atoms with Crippen molar-refractivity contribution in [3.8, 4) is 0 Å². The van der Waals surface area contributed by atoms with Gasteiger partial charge in [0.15, 0.2) is 6.29 Å². The molecule has 0 spiro atoms. The van der Waals surface area contributed by atoms with Crippen LogP contribution >= 0.6 is 27.3 Å². The number of rotatable bonds is 1. The molecule has 1 heterocycles. The average Bonchev–Trinajstić information content (AvgIpc) is 2.46. The minimum atomic E-state index is 0.629. The Bertz CT molecular complexity index is 478. The molecule has 0 amide bonds. The van der Waals surface area contributed by atoms with Crippen LogP contribution in [-0.2, 0) is 0 Å². The van der Waals surface area contributed by atoms with Crippen molar-refractivity contribution in [3.63, 3.8) is 0 Å². The number of carbonyl (C=O) groups excluding carboxylic acids is 1. The monoisotopic (exact) mass is 255 g/mol. The van der Waals surface area contributed by atoms with E-state index in [2.05, 4.69) is 15.9 Å². The van der Waals surface area contributed by atoms with Crippen molar-refractivity contribution in [1.82, 2.24) is 0 Å². The summed E-state index contributed by atoms with van der Waals surface area (Å²) in [4.78, 5) is 10.8. The lowest BCUT2D eigenvalue weighted by atomic mass is 10.1. The van der Waals surface area contributed by atoms with Crippen LogP contribution in [0.15, 0.2) is 22.0 Å². The van der Waals surface area contributed by atoms with Crippen molar-refractivity contribution >= 4 is 49.3 Å². The van der Waals surface area contributed by atoms with Crippen molar-refractivity contribution < 1.29 is 4.79 Å². The summed E-state index contributed by atoms with van der Waals surface area (Å²) in [5.74, 6) is 0. The highest BCUT2D eigenvalue weighted by Gasteiger charge is 2.07. The molecule has 1 aromatic carbocycles. The standard InChI is InChI=1S/C9H6BrNOS/c10-7-4-13-8-2-6(11)1-5(3-12)9(7)8/h1-4H,11H2. The van der Waals surface area contributed by atoms with Gasteiger partial charge in [0.1, 0.15) is 0 Å². The highest BCUT2D eigenvalue weighted by molar-refractivity contribution is 9.10. The Labute approximate surface area is 87.5 Å². The largest absolute Gasteiger partial charge is 0.399 e. The molecule has 4 heteroatoms. The van der Waals surface area contributed by atoms with Crippen molar-refractivity contribution in [2.24, 2.45) is 0 Å². The third-order valence-corrected chi connectivity index (χ3v) is 3.67. The fraction of sp³-hybridized carbons (Fsp3) is 0. The second-order valence-corrected chi connectivity index (χ2v) is 4.45. The maximum absolute atomic E-state index is 10.8. The molecule has 2 rings (SSSR count). The molecule has 66 valence electrons. The molecule has 0 saturated carbocycles. The molecule has 0 atom stereocenters. The van der Waals surface area contributed by atoms with Crippen LogP contribution in [0, 0.1) is 0 Å². The first-order chi connectivity index (χ1) is 6.22. The molecule has 0 aliphatic rings. The highest BCUT2D eigenvalue weighted by Crippen LogP contribution is 2.33. The van der Waals surface area contributed by atoms with E-state index in [1.54, 1.807) is 17.4 Å². The Hall–Kier alpha value is -0.870. The summed E-state index contributed by atoms with van der Waals surface area (Å²) in [7, 11) is 0. The summed E-state index contributed by atoms with van der Waals surface area (Å²) in [5, 5.41) is 2.91. The van der Waals surface area contributed by atoms with E-state index in [1.165, 1.54) is 0 Å². The summed E-state index contributed by atoms with van der Waals surface area (Å²) in [6.45, 7) is 0. The van der Waals surface area contributed by atoms with Gasteiger partial charge in [0, 0.05) is 31.2 Å². The number of aldehydes is 1. The van der Waals surface area contributed by atoms with Crippen molar-refractivity contribution in [2.45, 2.75) is 0 Å². The van der Waals surface area contributed by atoms with Crippen molar-refractivity contribution in [1.29, 1.82) is 0 Å². The van der Waals surface area contributed by atoms with Crippen LogP contribution in [-0.4, -0.2) is 6.29 Å². The minimum absolute atomic E-state index is 0.629. The molecule has 13 heavy (non-hydrogen) atoms. The van der Waals surface area contributed by atoms with Crippen LogP contribution in [0.2, 0.25) is 0 Å². The van der Waals surface area contributed by atoms with Crippen LogP contribution in [0.25, 0.3) is 10.1 Å². The van der Waals surface area contributed by atoms with E-state index in [0.717, 1.165) is 20.8 Å². The van der Waals surface area contributed by atoms with Gasteiger partial charge in [0.25, 0.3) is 0 Å². The first-order valence-electron chi connectivity index (χ1n) is 3.64. The molecule has 0 unspecified atom stereocenters. The maximum atomic E-state index is 10.8. The van der Waals surface area contributed by atoms with Crippen LogP contribution in [0.5, 0.6) is 0 Å². The highest BCUT2D eigenvalue weighted by atomic mass is 79.9. The topological polar surface area (TPSA) is 43.1 Å². The van der Waals surface area contributed by atoms with E-state index >= 15 is 0 Å². The lowest BCUT2D eigenvalue weighted by Crippen LogP contribution is -1.88. The van der Waals surface area contributed by atoms with Crippen LogP contribution in [0.3, 0.4) is 0 Å². The van der Waals surface area contributed by atoms with E-state index in [1.807, 2.05) is 11.4 Å². The lowest BCUT2D eigenvalue weighted by Gasteiger charge is -1.98. The number of carbonyl (C=O) groups is 1. The number of hydrogen-bond acceptors (Lipinski definition) is 3. The second-order valence-electron chi connectivity index (χ2n) is 2.68. The summed E-state index contributed by atoms with van der Waals surface area (Å²) in [6, 6.07) is 3.56. The van der Waals surface area contributed by atoms with Gasteiger partial charge < -0.3 is 5.73 Å². The van der Waals surface area contributed by atoms with Gasteiger partial charge in [-0.25, -0.2) is 0 Å². The summed E-state index contributed by atoms with van der Waals surface area (Å²) in [5.41, 5.74) is 6.91. The molecule has 2 nitrogen and oxygen atoms in total. The quantitative estimate of drug-likeness (QED) is 0.629. The average molecular weight is 256 g/mol. The molecule has 0 saturated heterocycles. The summed E-state index contributed by atoms with van der Waals surface area (Å²) in [6.07, 6.45) is 0.830. The van der Waals surface area contributed by atoms with Crippen LogP contribution in [0.1, 0.15) is 10.4 Å². The number of benzene rings is 1. The predicted octanol–water partition coefficient (Wildman–Crippen LogP) is 3.06. The third kappa shape index (κ3) is 1.36. The molecule has 0 fully saturated rings. The number of nitrogens with two attached hydrogens (primary N) is 1. The summed E-state index contributed by atoms with van der Waals surface area (Å²) >= 11 is 4.97. The lowest BCUT2D eigenvalue weighted by molar-refractivity contribution is 0.112. The third-order valence-electron chi connectivity index (χ3n) is 1.81.